The van der Waals surface area contributed by atoms with Crippen molar-refractivity contribution in [1.29, 1.82) is 0 Å². The third-order valence-corrected chi connectivity index (χ3v) is 5.64. The van der Waals surface area contributed by atoms with Crippen LogP contribution in [0.4, 0.5) is 0 Å². The molecule has 2 aliphatic heterocycles. The predicted molar refractivity (Wildman–Crippen MR) is 108 cm³/mol. The molecule has 1 unspecified atom stereocenters. The second kappa shape index (κ2) is 7.79. The number of fused-ring (bicyclic) bond motifs is 1. The van der Waals surface area contributed by atoms with Crippen molar-refractivity contribution in [1.82, 2.24) is 9.80 Å². The normalized spacial score (nSPS) is 18.3. The molecule has 3 amide bonds. The number of ether oxygens (including phenoxy) is 1. The second-order valence-electron chi connectivity index (χ2n) is 7.70. The lowest BCUT2D eigenvalue weighted by Gasteiger charge is -2.19. The van der Waals surface area contributed by atoms with E-state index in [-0.39, 0.29) is 30.4 Å². The fourth-order valence-corrected chi connectivity index (χ4v) is 3.92. The number of aryl methyl sites for hydroxylation is 1. The van der Waals surface area contributed by atoms with E-state index in [2.05, 4.69) is 0 Å². The number of hydrogen-bond donors (Lipinski definition) is 0. The molecule has 2 aliphatic rings. The molecule has 6 heteroatoms. The van der Waals surface area contributed by atoms with E-state index < -0.39 is 0 Å². The van der Waals surface area contributed by atoms with E-state index in [1.807, 2.05) is 31.2 Å². The van der Waals surface area contributed by atoms with Crippen LogP contribution in [0.15, 0.2) is 42.5 Å². The van der Waals surface area contributed by atoms with Crippen molar-refractivity contribution in [3.8, 4) is 0 Å². The molecular formula is C23H24N2O4. The number of carbonyl (C=O) groups is 3. The van der Waals surface area contributed by atoms with Crippen LogP contribution in [0.1, 0.15) is 55.0 Å². The lowest BCUT2D eigenvalue weighted by molar-refractivity contribution is 0.0475. The summed E-state index contributed by atoms with van der Waals surface area (Å²) in [6.45, 7) is 3.42. The molecule has 2 heterocycles. The van der Waals surface area contributed by atoms with Gasteiger partial charge in [0.2, 0.25) is 0 Å². The quantitative estimate of drug-likeness (QED) is 0.734. The molecule has 150 valence electrons. The van der Waals surface area contributed by atoms with Gasteiger partial charge in [-0.05, 0) is 49.1 Å². The van der Waals surface area contributed by atoms with Gasteiger partial charge in [-0.1, -0.05) is 24.3 Å². The van der Waals surface area contributed by atoms with Crippen LogP contribution in [-0.4, -0.2) is 53.8 Å². The summed E-state index contributed by atoms with van der Waals surface area (Å²) in [5.41, 5.74) is 3.24. The highest BCUT2D eigenvalue weighted by atomic mass is 16.5. The number of imide groups is 1. The average Bonchev–Trinajstić information content (AvgIpc) is 3.32. The number of carbonyl (C=O) groups excluding carboxylic acids is 3. The Hall–Kier alpha value is -2.99. The minimum absolute atomic E-state index is 0.0986. The molecule has 0 N–H and O–H groups in total. The van der Waals surface area contributed by atoms with E-state index in [1.165, 1.54) is 4.90 Å². The van der Waals surface area contributed by atoms with Gasteiger partial charge in [-0.3, -0.25) is 19.3 Å². The number of hydrogen-bond acceptors (Lipinski definition) is 4. The van der Waals surface area contributed by atoms with Crippen LogP contribution >= 0.6 is 0 Å². The summed E-state index contributed by atoms with van der Waals surface area (Å²) >= 11 is 0. The molecule has 1 fully saturated rings. The lowest BCUT2D eigenvalue weighted by atomic mass is 10.0. The first-order chi connectivity index (χ1) is 14.0. The van der Waals surface area contributed by atoms with Crippen LogP contribution < -0.4 is 0 Å². The molecule has 2 aromatic rings. The third-order valence-electron chi connectivity index (χ3n) is 5.64. The van der Waals surface area contributed by atoms with Gasteiger partial charge in [-0.25, -0.2) is 0 Å². The van der Waals surface area contributed by atoms with Crippen molar-refractivity contribution in [3.05, 3.63) is 70.3 Å². The summed E-state index contributed by atoms with van der Waals surface area (Å²) in [4.78, 5) is 41.2. The first-order valence-electron chi connectivity index (χ1n) is 9.87. The van der Waals surface area contributed by atoms with Gasteiger partial charge in [0.25, 0.3) is 17.7 Å². The zero-order valence-electron chi connectivity index (χ0n) is 16.7. The van der Waals surface area contributed by atoms with Crippen molar-refractivity contribution in [2.45, 2.75) is 32.4 Å². The van der Waals surface area contributed by atoms with Gasteiger partial charge in [0, 0.05) is 25.8 Å². The van der Waals surface area contributed by atoms with Crippen molar-refractivity contribution >= 4 is 17.7 Å². The SMILES string of the molecule is Cc1ccccc1CN(C)C(=O)c1ccc2c(c1)C(=O)N(CC1CCCO1)C2=O. The fourth-order valence-electron chi connectivity index (χ4n) is 3.92. The molecule has 29 heavy (non-hydrogen) atoms. The molecule has 4 rings (SSSR count). The summed E-state index contributed by atoms with van der Waals surface area (Å²) < 4.78 is 5.56. The summed E-state index contributed by atoms with van der Waals surface area (Å²) in [7, 11) is 1.73. The zero-order valence-corrected chi connectivity index (χ0v) is 16.7. The first-order valence-corrected chi connectivity index (χ1v) is 9.87. The van der Waals surface area contributed by atoms with Crippen LogP contribution in [0.25, 0.3) is 0 Å². The van der Waals surface area contributed by atoms with Gasteiger partial charge in [0.15, 0.2) is 0 Å². The van der Waals surface area contributed by atoms with Gasteiger partial charge in [0.1, 0.15) is 0 Å². The Bertz CT molecular complexity index is 979. The predicted octanol–water partition coefficient (Wildman–Crippen LogP) is 3.04. The van der Waals surface area contributed by atoms with Gasteiger partial charge in [-0.2, -0.15) is 0 Å². The van der Waals surface area contributed by atoms with E-state index in [4.69, 9.17) is 4.74 Å². The maximum Gasteiger partial charge on any atom is 0.261 e. The highest BCUT2D eigenvalue weighted by Crippen LogP contribution is 2.26. The minimum atomic E-state index is -0.350. The van der Waals surface area contributed by atoms with Crippen LogP contribution in [-0.2, 0) is 11.3 Å². The fraction of sp³-hybridized carbons (Fsp3) is 0.348. The van der Waals surface area contributed by atoms with Crippen LogP contribution in [0.2, 0.25) is 0 Å². The largest absolute Gasteiger partial charge is 0.376 e. The molecule has 0 aromatic heterocycles. The Morgan fingerprint density at radius 1 is 1.14 bits per heavy atom. The van der Waals surface area contributed by atoms with Crippen molar-refractivity contribution in [2.24, 2.45) is 0 Å². The molecule has 2 aromatic carbocycles. The molecule has 0 radical (unpaired) electrons. The maximum absolute atomic E-state index is 12.9. The molecule has 0 bridgehead atoms. The number of benzene rings is 2. The number of nitrogens with zero attached hydrogens (tertiary/aromatic N) is 2. The summed E-state index contributed by atoms with van der Waals surface area (Å²) in [5, 5.41) is 0. The van der Waals surface area contributed by atoms with E-state index in [0.29, 0.717) is 29.8 Å². The van der Waals surface area contributed by atoms with E-state index >= 15 is 0 Å². The molecular weight excluding hydrogens is 368 g/mol. The van der Waals surface area contributed by atoms with Crippen molar-refractivity contribution in [3.63, 3.8) is 0 Å². The van der Waals surface area contributed by atoms with Crippen LogP contribution in [0.5, 0.6) is 0 Å². The van der Waals surface area contributed by atoms with E-state index in [9.17, 15) is 14.4 Å². The summed E-state index contributed by atoms with van der Waals surface area (Å²) in [6, 6.07) is 12.7. The highest BCUT2D eigenvalue weighted by Gasteiger charge is 2.38. The molecule has 1 saturated heterocycles. The van der Waals surface area contributed by atoms with Gasteiger partial charge >= 0.3 is 0 Å². The topological polar surface area (TPSA) is 66.9 Å². The number of rotatable bonds is 5. The molecule has 0 aliphatic carbocycles. The van der Waals surface area contributed by atoms with Gasteiger partial charge in [0.05, 0.1) is 23.8 Å². The lowest BCUT2D eigenvalue weighted by Crippen LogP contribution is -2.36. The second-order valence-corrected chi connectivity index (χ2v) is 7.70. The summed E-state index contributed by atoms with van der Waals surface area (Å²) in [5.74, 6) is -0.849. The van der Waals surface area contributed by atoms with Gasteiger partial charge < -0.3 is 9.64 Å². The molecule has 1 atom stereocenters. The minimum Gasteiger partial charge on any atom is -0.376 e. The van der Waals surface area contributed by atoms with Crippen molar-refractivity contribution in [2.75, 3.05) is 20.2 Å². The third kappa shape index (κ3) is 3.68. The highest BCUT2D eigenvalue weighted by molar-refractivity contribution is 6.22. The molecule has 6 nitrogen and oxygen atoms in total. The number of amides is 3. The van der Waals surface area contributed by atoms with Gasteiger partial charge in [-0.15, -0.1) is 0 Å². The Labute approximate surface area is 170 Å². The van der Waals surface area contributed by atoms with Crippen LogP contribution in [0.3, 0.4) is 0 Å². The smallest absolute Gasteiger partial charge is 0.261 e. The van der Waals surface area contributed by atoms with E-state index in [1.54, 1.807) is 30.1 Å². The van der Waals surface area contributed by atoms with Crippen LogP contribution in [0, 0.1) is 6.92 Å². The zero-order chi connectivity index (χ0) is 20.5. The summed E-state index contributed by atoms with van der Waals surface area (Å²) in [6.07, 6.45) is 1.69. The monoisotopic (exact) mass is 392 g/mol. The standard InChI is InChI=1S/C23H24N2O4/c1-15-6-3-4-7-17(15)13-24(2)21(26)16-9-10-19-20(12-16)23(28)25(22(19)27)14-18-8-5-11-29-18/h3-4,6-7,9-10,12,18H,5,8,11,13-14H2,1-2H3. The molecule has 0 spiro atoms. The van der Waals surface area contributed by atoms with Crippen molar-refractivity contribution < 1.29 is 19.1 Å². The Kier molecular flexibility index (Phi) is 5.20. The van der Waals surface area contributed by atoms with E-state index in [0.717, 1.165) is 24.0 Å². The first kappa shape index (κ1) is 19.3. The maximum atomic E-state index is 12.9. The average molecular weight is 392 g/mol. The Morgan fingerprint density at radius 2 is 1.90 bits per heavy atom. The Balaban J connectivity index is 1.52. The Morgan fingerprint density at radius 3 is 2.62 bits per heavy atom. The molecule has 0 saturated carbocycles.